The predicted octanol–water partition coefficient (Wildman–Crippen LogP) is 2.70. The van der Waals surface area contributed by atoms with Gasteiger partial charge in [-0.05, 0) is 38.0 Å². The molecular weight excluding hydrogens is 232 g/mol. The van der Waals surface area contributed by atoms with Crippen LogP contribution in [-0.4, -0.2) is 25.2 Å². The van der Waals surface area contributed by atoms with E-state index in [2.05, 4.69) is 13.8 Å². The Labute approximate surface area is 109 Å². The maximum Gasteiger partial charge on any atom is 0.315 e. The normalized spacial score (nSPS) is 27.3. The van der Waals surface area contributed by atoms with Crippen LogP contribution in [0.2, 0.25) is 0 Å². The van der Waals surface area contributed by atoms with Crippen molar-refractivity contribution in [3.05, 3.63) is 0 Å². The molecule has 4 nitrogen and oxygen atoms in total. The molecule has 0 aromatic heterocycles. The summed E-state index contributed by atoms with van der Waals surface area (Å²) in [6, 6.07) is 0. The number of methoxy groups -OCH3 is 1. The van der Waals surface area contributed by atoms with Gasteiger partial charge < -0.3 is 9.47 Å². The van der Waals surface area contributed by atoms with Crippen LogP contribution in [-0.2, 0) is 19.1 Å². The minimum atomic E-state index is -0.620. The Hall–Kier alpha value is -1.06. The third-order valence-corrected chi connectivity index (χ3v) is 3.77. The summed E-state index contributed by atoms with van der Waals surface area (Å²) in [5, 5.41) is 0. The highest BCUT2D eigenvalue weighted by Gasteiger charge is 2.51. The molecule has 0 bridgehead atoms. The van der Waals surface area contributed by atoms with E-state index >= 15 is 0 Å². The van der Waals surface area contributed by atoms with Crippen LogP contribution < -0.4 is 0 Å². The lowest BCUT2D eigenvalue weighted by Crippen LogP contribution is -2.41. The van der Waals surface area contributed by atoms with Crippen LogP contribution in [0, 0.1) is 11.3 Å². The van der Waals surface area contributed by atoms with Crippen LogP contribution in [0.4, 0.5) is 0 Å². The Balaban J connectivity index is 2.87. The SMILES string of the molecule is COC(=O)C1(CCC(C)C)CCCC1OC(C)=O. The highest BCUT2D eigenvalue weighted by Crippen LogP contribution is 2.45. The van der Waals surface area contributed by atoms with Gasteiger partial charge in [0.2, 0.25) is 0 Å². The average Bonchev–Trinajstić information content (AvgIpc) is 2.69. The summed E-state index contributed by atoms with van der Waals surface area (Å²) in [5.74, 6) is -0.0308. The van der Waals surface area contributed by atoms with E-state index in [1.807, 2.05) is 0 Å². The highest BCUT2D eigenvalue weighted by molar-refractivity contribution is 5.78. The molecule has 0 aromatic rings. The average molecular weight is 256 g/mol. The van der Waals surface area contributed by atoms with Gasteiger partial charge in [-0.2, -0.15) is 0 Å². The van der Waals surface area contributed by atoms with E-state index in [0.717, 1.165) is 32.1 Å². The van der Waals surface area contributed by atoms with E-state index < -0.39 is 5.41 Å². The van der Waals surface area contributed by atoms with E-state index in [0.29, 0.717) is 5.92 Å². The van der Waals surface area contributed by atoms with Gasteiger partial charge in [0.25, 0.3) is 0 Å². The zero-order chi connectivity index (χ0) is 13.8. The molecule has 104 valence electrons. The van der Waals surface area contributed by atoms with Crippen molar-refractivity contribution >= 4 is 11.9 Å². The molecule has 0 spiro atoms. The maximum atomic E-state index is 12.1. The first-order valence-electron chi connectivity index (χ1n) is 6.68. The molecule has 0 aliphatic heterocycles. The number of carbonyl (C=O) groups excluding carboxylic acids is 2. The Kier molecular flexibility index (Phi) is 5.17. The second kappa shape index (κ2) is 6.21. The molecule has 18 heavy (non-hydrogen) atoms. The van der Waals surface area contributed by atoms with Gasteiger partial charge in [0.15, 0.2) is 0 Å². The highest BCUT2D eigenvalue weighted by atomic mass is 16.6. The molecule has 0 saturated heterocycles. The molecule has 2 atom stereocenters. The van der Waals surface area contributed by atoms with Gasteiger partial charge in [-0.15, -0.1) is 0 Å². The lowest BCUT2D eigenvalue weighted by atomic mass is 9.78. The molecule has 2 unspecified atom stereocenters. The first kappa shape index (κ1) is 15.0. The van der Waals surface area contributed by atoms with E-state index in [-0.39, 0.29) is 18.0 Å². The van der Waals surface area contributed by atoms with Crippen LogP contribution in [0.25, 0.3) is 0 Å². The fraction of sp³-hybridized carbons (Fsp3) is 0.857. The monoisotopic (exact) mass is 256 g/mol. The summed E-state index contributed by atoms with van der Waals surface area (Å²) < 4.78 is 10.3. The summed E-state index contributed by atoms with van der Waals surface area (Å²) in [4.78, 5) is 23.3. The smallest absolute Gasteiger partial charge is 0.315 e. The van der Waals surface area contributed by atoms with Gasteiger partial charge in [0.05, 0.1) is 7.11 Å². The van der Waals surface area contributed by atoms with Crippen molar-refractivity contribution in [3.8, 4) is 0 Å². The minimum Gasteiger partial charge on any atom is -0.468 e. The van der Waals surface area contributed by atoms with Crippen LogP contribution in [0.1, 0.15) is 52.9 Å². The quantitative estimate of drug-likeness (QED) is 0.710. The van der Waals surface area contributed by atoms with Gasteiger partial charge in [-0.3, -0.25) is 9.59 Å². The summed E-state index contributed by atoms with van der Waals surface area (Å²) in [6.45, 7) is 5.64. The Morgan fingerprint density at radius 3 is 2.56 bits per heavy atom. The first-order chi connectivity index (χ1) is 8.42. The Morgan fingerprint density at radius 1 is 1.39 bits per heavy atom. The van der Waals surface area contributed by atoms with Crippen molar-refractivity contribution in [1.29, 1.82) is 0 Å². The summed E-state index contributed by atoms with van der Waals surface area (Å²) in [7, 11) is 1.41. The van der Waals surface area contributed by atoms with Crippen LogP contribution in [0.5, 0.6) is 0 Å². The third kappa shape index (κ3) is 3.24. The van der Waals surface area contributed by atoms with Crippen LogP contribution in [0.15, 0.2) is 0 Å². The lowest BCUT2D eigenvalue weighted by Gasteiger charge is -2.32. The number of carbonyl (C=O) groups is 2. The molecule has 1 rings (SSSR count). The zero-order valence-corrected chi connectivity index (χ0v) is 11.8. The molecule has 0 heterocycles. The van der Waals surface area contributed by atoms with Crippen LogP contribution >= 0.6 is 0 Å². The first-order valence-corrected chi connectivity index (χ1v) is 6.68. The van der Waals surface area contributed by atoms with E-state index in [1.54, 1.807) is 0 Å². The number of hydrogen-bond acceptors (Lipinski definition) is 4. The lowest BCUT2D eigenvalue weighted by molar-refractivity contribution is -0.168. The minimum absolute atomic E-state index is 0.230. The van der Waals surface area contributed by atoms with E-state index in [4.69, 9.17) is 9.47 Å². The largest absolute Gasteiger partial charge is 0.468 e. The van der Waals surface area contributed by atoms with E-state index in [9.17, 15) is 9.59 Å². The van der Waals surface area contributed by atoms with Gasteiger partial charge in [-0.1, -0.05) is 13.8 Å². The van der Waals surface area contributed by atoms with Crippen molar-refractivity contribution in [2.24, 2.45) is 11.3 Å². The van der Waals surface area contributed by atoms with Crippen molar-refractivity contribution in [1.82, 2.24) is 0 Å². The zero-order valence-electron chi connectivity index (χ0n) is 11.8. The van der Waals surface area contributed by atoms with Crippen molar-refractivity contribution < 1.29 is 19.1 Å². The van der Waals surface area contributed by atoms with Crippen LogP contribution in [0.3, 0.4) is 0 Å². The summed E-state index contributed by atoms with van der Waals surface area (Å²) in [5.41, 5.74) is -0.620. The fourth-order valence-electron chi connectivity index (χ4n) is 2.78. The topological polar surface area (TPSA) is 52.6 Å². The Bertz CT molecular complexity index is 311. The van der Waals surface area contributed by atoms with Gasteiger partial charge in [0.1, 0.15) is 11.5 Å². The predicted molar refractivity (Wildman–Crippen MR) is 67.9 cm³/mol. The van der Waals surface area contributed by atoms with Crippen molar-refractivity contribution in [2.45, 2.75) is 59.0 Å². The standard InChI is InChI=1S/C14H24O4/c1-10(2)7-9-14(13(16)17-4)8-5-6-12(14)18-11(3)15/h10,12H,5-9H2,1-4H3. The molecule has 1 saturated carbocycles. The molecular formula is C14H24O4. The van der Waals surface area contributed by atoms with Gasteiger partial charge in [0, 0.05) is 6.92 Å². The van der Waals surface area contributed by atoms with Crippen molar-refractivity contribution in [2.75, 3.05) is 7.11 Å². The van der Waals surface area contributed by atoms with Gasteiger partial charge >= 0.3 is 11.9 Å². The maximum absolute atomic E-state index is 12.1. The fourth-order valence-corrected chi connectivity index (χ4v) is 2.78. The molecule has 0 amide bonds. The molecule has 1 fully saturated rings. The molecule has 1 aliphatic carbocycles. The third-order valence-electron chi connectivity index (χ3n) is 3.77. The van der Waals surface area contributed by atoms with Gasteiger partial charge in [-0.25, -0.2) is 0 Å². The number of hydrogen-bond donors (Lipinski definition) is 0. The molecule has 0 aromatic carbocycles. The molecule has 0 radical (unpaired) electrons. The number of rotatable bonds is 5. The molecule has 4 heteroatoms. The number of esters is 2. The summed E-state index contributed by atoms with van der Waals surface area (Å²) in [6.07, 6.45) is 3.77. The molecule has 1 aliphatic rings. The van der Waals surface area contributed by atoms with Crippen molar-refractivity contribution in [3.63, 3.8) is 0 Å². The second-order valence-electron chi connectivity index (χ2n) is 5.57. The number of ether oxygens (including phenoxy) is 2. The summed E-state index contributed by atoms with van der Waals surface area (Å²) >= 11 is 0. The second-order valence-corrected chi connectivity index (χ2v) is 5.57. The Morgan fingerprint density at radius 2 is 2.06 bits per heavy atom. The molecule has 0 N–H and O–H groups in total. The van der Waals surface area contributed by atoms with E-state index in [1.165, 1.54) is 14.0 Å².